The molecule has 1 aliphatic carbocycles. The number of rotatable bonds is 2. The van der Waals surface area contributed by atoms with Gasteiger partial charge in [0.05, 0.1) is 11.7 Å². The first-order valence-corrected chi connectivity index (χ1v) is 5.19. The molecule has 1 aliphatic rings. The third-order valence-corrected chi connectivity index (χ3v) is 2.69. The molecule has 0 atom stereocenters. The van der Waals surface area contributed by atoms with Crippen LogP contribution in [0.15, 0.2) is 18.2 Å². The molecule has 0 aliphatic heterocycles. The third kappa shape index (κ3) is 2.21. The largest absolute Gasteiger partial charge is 0.506 e. The molecule has 1 N–H and O–H groups in total. The van der Waals surface area contributed by atoms with Gasteiger partial charge in [-0.05, 0) is 37.8 Å². The molecule has 0 spiro atoms. The summed E-state index contributed by atoms with van der Waals surface area (Å²) in [7, 11) is 0. The normalized spacial score (nSPS) is 16.2. The summed E-state index contributed by atoms with van der Waals surface area (Å²) < 4.78 is 5.69. The van der Waals surface area contributed by atoms with Gasteiger partial charge in [-0.3, -0.25) is 0 Å². The fourth-order valence-corrected chi connectivity index (χ4v) is 1.88. The van der Waals surface area contributed by atoms with Crippen LogP contribution in [0.3, 0.4) is 0 Å². The fraction of sp³-hybridized carbons (Fsp3) is 0.417. The van der Waals surface area contributed by atoms with Crippen molar-refractivity contribution in [1.29, 1.82) is 5.26 Å². The minimum atomic E-state index is -0.00648. The lowest BCUT2D eigenvalue weighted by atomic mass is 10.2. The maximum atomic E-state index is 9.46. The Hall–Kier alpha value is -1.69. The molecule has 1 aromatic rings. The van der Waals surface area contributed by atoms with Gasteiger partial charge in [0.1, 0.15) is 17.6 Å². The van der Waals surface area contributed by atoms with Gasteiger partial charge in [-0.15, -0.1) is 0 Å². The zero-order chi connectivity index (χ0) is 10.7. The summed E-state index contributed by atoms with van der Waals surface area (Å²) in [4.78, 5) is 0. The van der Waals surface area contributed by atoms with Crippen molar-refractivity contribution in [2.24, 2.45) is 0 Å². The highest BCUT2D eigenvalue weighted by atomic mass is 16.5. The summed E-state index contributed by atoms with van der Waals surface area (Å²) in [5, 5.41) is 18.1. The van der Waals surface area contributed by atoms with Gasteiger partial charge < -0.3 is 9.84 Å². The molecular weight excluding hydrogens is 190 g/mol. The Morgan fingerprint density at radius 3 is 2.67 bits per heavy atom. The molecular formula is C12H13NO2. The molecule has 0 saturated heterocycles. The van der Waals surface area contributed by atoms with Crippen molar-refractivity contribution >= 4 is 0 Å². The van der Waals surface area contributed by atoms with Crippen molar-refractivity contribution in [3.05, 3.63) is 23.8 Å². The van der Waals surface area contributed by atoms with Crippen LogP contribution in [0.1, 0.15) is 31.2 Å². The van der Waals surface area contributed by atoms with E-state index in [4.69, 9.17) is 10.00 Å². The predicted octanol–water partition coefficient (Wildman–Crippen LogP) is 2.59. The number of hydrogen-bond donors (Lipinski definition) is 1. The molecule has 0 unspecified atom stereocenters. The third-order valence-electron chi connectivity index (χ3n) is 2.69. The number of phenols is 1. The highest BCUT2D eigenvalue weighted by Crippen LogP contribution is 2.27. The number of hydrogen-bond acceptors (Lipinski definition) is 3. The lowest BCUT2D eigenvalue weighted by molar-refractivity contribution is 0.209. The van der Waals surface area contributed by atoms with Gasteiger partial charge in [0.2, 0.25) is 0 Å². The van der Waals surface area contributed by atoms with Gasteiger partial charge in [-0.2, -0.15) is 5.26 Å². The SMILES string of the molecule is N#Cc1ccc(OC2CCCC2)cc1O. The van der Waals surface area contributed by atoms with Crippen molar-refractivity contribution in [3.8, 4) is 17.6 Å². The van der Waals surface area contributed by atoms with E-state index in [0.717, 1.165) is 12.8 Å². The summed E-state index contributed by atoms with van der Waals surface area (Å²) >= 11 is 0. The number of benzene rings is 1. The Morgan fingerprint density at radius 1 is 1.33 bits per heavy atom. The first-order chi connectivity index (χ1) is 7.29. The van der Waals surface area contributed by atoms with E-state index in [0.29, 0.717) is 5.75 Å². The molecule has 0 aromatic heterocycles. The van der Waals surface area contributed by atoms with E-state index < -0.39 is 0 Å². The molecule has 0 heterocycles. The number of nitriles is 1. The van der Waals surface area contributed by atoms with E-state index in [1.807, 2.05) is 6.07 Å². The summed E-state index contributed by atoms with van der Waals surface area (Å²) in [6.07, 6.45) is 4.87. The van der Waals surface area contributed by atoms with Crippen LogP contribution in [-0.4, -0.2) is 11.2 Å². The Morgan fingerprint density at radius 2 is 2.07 bits per heavy atom. The Balaban J connectivity index is 2.09. The molecule has 2 rings (SSSR count). The van der Waals surface area contributed by atoms with Gasteiger partial charge in [-0.1, -0.05) is 0 Å². The van der Waals surface area contributed by atoms with Crippen LogP contribution in [0.25, 0.3) is 0 Å². The topological polar surface area (TPSA) is 53.2 Å². The highest BCUT2D eigenvalue weighted by Gasteiger charge is 2.16. The number of aromatic hydroxyl groups is 1. The van der Waals surface area contributed by atoms with Crippen molar-refractivity contribution in [3.63, 3.8) is 0 Å². The van der Waals surface area contributed by atoms with Crippen LogP contribution in [0.5, 0.6) is 11.5 Å². The molecule has 1 saturated carbocycles. The maximum Gasteiger partial charge on any atom is 0.137 e. The van der Waals surface area contributed by atoms with E-state index in [9.17, 15) is 5.11 Å². The van der Waals surface area contributed by atoms with Crippen LogP contribution in [0.2, 0.25) is 0 Å². The molecule has 3 nitrogen and oxygen atoms in total. The summed E-state index contributed by atoms with van der Waals surface area (Å²) in [5.41, 5.74) is 0.286. The van der Waals surface area contributed by atoms with Gasteiger partial charge >= 0.3 is 0 Å². The zero-order valence-electron chi connectivity index (χ0n) is 8.44. The van der Waals surface area contributed by atoms with Crippen LogP contribution in [0.4, 0.5) is 0 Å². The highest BCUT2D eigenvalue weighted by molar-refractivity contribution is 5.46. The second kappa shape index (κ2) is 4.22. The van der Waals surface area contributed by atoms with Crippen molar-refractivity contribution in [2.45, 2.75) is 31.8 Å². The molecule has 78 valence electrons. The average molecular weight is 203 g/mol. The molecule has 0 bridgehead atoms. The second-order valence-electron chi connectivity index (χ2n) is 3.82. The minimum absolute atomic E-state index is 0.00648. The van der Waals surface area contributed by atoms with Crippen LogP contribution in [0, 0.1) is 11.3 Å². The maximum absolute atomic E-state index is 9.46. The average Bonchev–Trinajstić information content (AvgIpc) is 2.71. The Bertz CT molecular complexity index is 389. The minimum Gasteiger partial charge on any atom is -0.506 e. The number of ether oxygens (including phenoxy) is 1. The lowest BCUT2D eigenvalue weighted by Gasteiger charge is -2.13. The summed E-state index contributed by atoms with van der Waals surface area (Å²) in [6, 6.07) is 6.74. The van der Waals surface area contributed by atoms with E-state index in [-0.39, 0.29) is 17.4 Å². The first kappa shape index (κ1) is 9.85. The fourth-order valence-electron chi connectivity index (χ4n) is 1.88. The van der Waals surface area contributed by atoms with E-state index >= 15 is 0 Å². The molecule has 0 amide bonds. The van der Waals surface area contributed by atoms with Crippen molar-refractivity contribution in [1.82, 2.24) is 0 Å². The van der Waals surface area contributed by atoms with Crippen LogP contribution >= 0.6 is 0 Å². The van der Waals surface area contributed by atoms with Gasteiger partial charge in [0.25, 0.3) is 0 Å². The van der Waals surface area contributed by atoms with Crippen molar-refractivity contribution in [2.75, 3.05) is 0 Å². The molecule has 0 radical (unpaired) electrons. The number of nitrogens with zero attached hydrogens (tertiary/aromatic N) is 1. The standard InChI is InChI=1S/C12H13NO2/c13-8-9-5-6-11(7-12(9)14)15-10-3-1-2-4-10/h5-7,10,14H,1-4H2. The summed E-state index contributed by atoms with van der Waals surface area (Å²) in [5.74, 6) is 0.645. The van der Waals surface area contributed by atoms with Crippen LogP contribution in [-0.2, 0) is 0 Å². The van der Waals surface area contributed by atoms with E-state index in [2.05, 4.69) is 0 Å². The number of phenolic OH excluding ortho intramolecular Hbond substituents is 1. The molecule has 15 heavy (non-hydrogen) atoms. The monoisotopic (exact) mass is 203 g/mol. The van der Waals surface area contributed by atoms with E-state index in [1.165, 1.54) is 18.9 Å². The van der Waals surface area contributed by atoms with Gasteiger partial charge in [0.15, 0.2) is 0 Å². The quantitative estimate of drug-likeness (QED) is 0.803. The van der Waals surface area contributed by atoms with Gasteiger partial charge in [0, 0.05) is 6.07 Å². The molecule has 1 fully saturated rings. The summed E-state index contributed by atoms with van der Waals surface area (Å²) in [6.45, 7) is 0. The van der Waals surface area contributed by atoms with Crippen molar-refractivity contribution < 1.29 is 9.84 Å². The zero-order valence-corrected chi connectivity index (χ0v) is 8.44. The lowest BCUT2D eigenvalue weighted by Crippen LogP contribution is -2.10. The first-order valence-electron chi connectivity index (χ1n) is 5.19. The predicted molar refractivity (Wildman–Crippen MR) is 55.7 cm³/mol. The van der Waals surface area contributed by atoms with Gasteiger partial charge in [-0.25, -0.2) is 0 Å². The van der Waals surface area contributed by atoms with Crippen LogP contribution < -0.4 is 4.74 Å². The smallest absolute Gasteiger partial charge is 0.137 e. The molecule has 1 aromatic carbocycles. The Kier molecular flexibility index (Phi) is 2.77. The second-order valence-corrected chi connectivity index (χ2v) is 3.82. The van der Waals surface area contributed by atoms with E-state index in [1.54, 1.807) is 12.1 Å². The Labute approximate surface area is 88.9 Å². The molecule has 3 heteroatoms.